The standard InChI is InChI=1S/C15H22N2O2/c1-3-11-4-6-12(7-5-11)17-13-8-9-16-14(10-13)15(18)19-2/h8-12H,3-7H2,1-2H3,(H,16,17). The number of nitrogens with one attached hydrogen (secondary N) is 1. The molecule has 1 N–H and O–H groups in total. The van der Waals surface area contributed by atoms with E-state index < -0.39 is 5.97 Å². The number of pyridine rings is 1. The average molecular weight is 262 g/mol. The Morgan fingerprint density at radius 1 is 1.42 bits per heavy atom. The van der Waals surface area contributed by atoms with Crippen molar-refractivity contribution in [3.05, 3.63) is 24.0 Å². The molecule has 0 bridgehead atoms. The summed E-state index contributed by atoms with van der Waals surface area (Å²) in [6, 6.07) is 4.17. The number of carbonyl (C=O) groups excluding carboxylic acids is 1. The fraction of sp³-hybridized carbons (Fsp3) is 0.600. The molecule has 0 aliphatic heterocycles. The second-order valence-electron chi connectivity index (χ2n) is 5.19. The second-order valence-corrected chi connectivity index (χ2v) is 5.19. The van der Waals surface area contributed by atoms with Gasteiger partial charge in [-0.05, 0) is 43.7 Å². The van der Waals surface area contributed by atoms with Crippen molar-refractivity contribution in [3.63, 3.8) is 0 Å². The molecule has 0 spiro atoms. The van der Waals surface area contributed by atoms with E-state index in [1.807, 2.05) is 6.07 Å². The largest absolute Gasteiger partial charge is 0.464 e. The van der Waals surface area contributed by atoms with Crippen LogP contribution in [0.2, 0.25) is 0 Å². The lowest BCUT2D eigenvalue weighted by molar-refractivity contribution is 0.0594. The summed E-state index contributed by atoms with van der Waals surface area (Å²) in [5, 5.41) is 3.50. The lowest BCUT2D eigenvalue weighted by atomic mass is 9.84. The van der Waals surface area contributed by atoms with E-state index in [1.165, 1.54) is 39.2 Å². The van der Waals surface area contributed by atoms with Crippen LogP contribution in [-0.2, 0) is 4.74 Å². The SMILES string of the molecule is CCC1CCC(Nc2ccnc(C(=O)OC)c2)CC1. The van der Waals surface area contributed by atoms with Gasteiger partial charge < -0.3 is 10.1 Å². The maximum absolute atomic E-state index is 11.4. The monoisotopic (exact) mass is 262 g/mol. The van der Waals surface area contributed by atoms with E-state index in [0.717, 1.165) is 11.6 Å². The average Bonchev–Trinajstić information content (AvgIpc) is 2.47. The minimum atomic E-state index is -0.390. The zero-order valence-electron chi connectivity index (χ0n) is 11.7. The Labute approximate surface area is 114 Å². The van der Waals surface area contributed by atoms with Crippen LogP contribution in [0.25, 0.3) is 0 Å². The molecule has 19 heavy (non-hydrogen) atoms. The molecule has 0 radical (unpaired) electrons. The molecule has 1 saturated carbocycles. The molecule has 1 heterocycles. The lowest BCUT2D eigenvalue weighted by Gasteiger charge is -2.29. The first kappa shape index (κ1) is 13.8. The number of hydrogen-bond donors (Lipinski definition) is 1. The Balaban J connectivity index is 1.94. The van der Waals surface area contributed by atoms with Crippen LogP contribution >= 0.6 is 0 Å². The third-order valence-corrected chi connectivity index (χ3v) is 3.95. The number of ether oxygens (including phenoxy) is 1. The van der Waals surface area contributed by atoms with Crippen LogP contribution < -0.4 is 5.32 Å². The molecule has 4 heteroatoms. The summed E-state index contributed by atoms with van der Waals surface area (Å²) in [5.41, 5.74) is 1.31. The van der Waals surface area contributed by atoms with Crippen LogP contribution in [0.5, 0.6) is 0 Å². The first-order valence-electron chi connectivity index (χ1n) is 7.03. The van der Waals surface area contributed by atoms with Crippen molar-refractivity contribution in [2.75, 3.05) is 12.4 Å². The third kappa shape index (κ3) is 3.69. The zero-order chi connectivity index (χ0) is 13.7. The van der Waals surface area contributed by atoms with Crippen LogP contribution in [0.1, 0.15) is 49.5 Å². The van der Waals surface area contributed by atoms with Crippen LogP contribution in [0.3, 0.4) is 0 Å². The fourth-order valence-electron chi connectivity index (χ4n) is 2.69. The number of rotatable bonds is 4. The highest BCUT2D eigenvalue weighted by Gasteiger charge is 2.20. The number of aromatic nitrogens is 1. The van der Waals surface area contributed by atoms with Gasteiger partial charge in [-0.3, -0.25) is 0 Å². The van der Waals surface area contributed by atoms with Gasteiger partial charge in [-0.15, -0.1) is 0 Å². The minimum Gasteiger partial charge on any atom is -0.464 e. The minimum absolute atomic E-state index is 0.356. The molecule has 1 fully saturated rings. The van der Waals surface area contributed by atoms with Gasteiger partial charge in [0.05, 0.1) is 7.11 Å². The molecular formula is C15H22N2O2. The molecule has 0 unspecified atom stereocenters. The molecule has 4 nitrogen and oxygen atoms in total. The van der Waals surface area contributed by atoms with E-state index in [4.69, 9.17) is 0 Å². The maximum atomic E-state index is 11.4. The van der Waals surface area contributed by atoms with E-state index in [0.29, 0.717) is 11.7 Å². The molecule has 0 saturated heterocycles. The number of carbonyl (C=O) groups is 1. The Hall–Kier alpha value is -1.58. The first-order valence-corrected chi connectivity index (χ1v) is 7.03. The second kappa shape index (κ2) is 6.55. The van der Waals surface area contributed by atoms with Gasteiger partial charge >= 0.3 is 5.97 Å². The number of hydrogen-bond acceptors (Lipinski definition) is 4. The van der Waals surface area contributed by atoms with Gasteiger partial charge in [-0.25, -0.2) is 9.78 Å². The van der Waals surface area contributed by atoms with Crippen molar-refractivity contribution in [2.45, 2.75) is 45.1 Å². The Bertz CT molecular complexity index is 426. The summed E-state index contributed by atoms with van der Waals surface area (Å²) < 4.78 is 4.68. The highest BCUT2D eigenvalue weighted by molar-refractivity contribution is 5.88. The Kier molecular flexibility index (Phi) is 4.77. The van der Waals surface area contributed by atoms with Crippen LogP contribution in [-0.4, -0.2) is 24.1 Å². The summed E-state index contributed by atoms with van der Waals surface area (Å²) in [5.74, 6) is 0.500. The quantitative estimate of drug-likeness (QED) is 0.846. The molecular weight excluding hydrogens is 240 g/mol. The highest BCUT2D eigenvalue weighted by Crippen LogP contribution is 2.28. The van der Waals surface area contributed by atoms with E-state index in [1.54, 1.807) is 12.3 Å². The number of methoxy groups -OCH3 is 1. The molecule has 2 rings (SSSR count). The number of esters is 1. The third-order valence-electron chi connectivity index (χ3n) is 3.95. The van der Waals surface area contributed by atoms with E-state index in [-0.39, 0.29) is 0 Å². The van der Waals surface area contributed by atoms with Gasteiger partial charge in [0.1, 0.15) is 5.69 Å². The lowest BCUT2D eigenvalue weighted by Crippen LogP contribution is -2.26. The van der Waals surface area contributed by atoms with Gasteiger partial charge in [-0.2, -0.15) is 0 Å². The fourth-order valence-corrected chi connectivity index (χ4v) is 2.69. The van der Waals surface area contributed by atoms with Gasteiger partial charge in [0, 0.05) is 17.9 Å². The molecule has 0 aromatic carbocycles. The van der Waals surface area contributed by atoms with Crippen LogP contribution in [0.4, 0.5) is 5.69 Å². The Morgan fingerprint density at radius 3 is 2.79 bits per heavy atom. The molecule has 104 valence electrons. The predicted octanol–water partition coefficient (Wildman–Crippen LogP) is 3.25. The molecule has 1 aromatic heterocycles. The van der Waals surface area contributed by atoms with Crippen molar-refractivity contribution < 1.29 is 9.53 Å². The molecule has 1 aliphatic rings. The van der Waals surface area contributed by atoms with Crippen molar-refractivity contribution in [3.8, 4) is 0 Å². The Morgan fingerprint density at radius 2 is 2.16 bits per heavy atom. The maximum Gasteiger partial charge on any atom is 0.356 e. The summed E-state index contributed by atoms with van der Waals surface area (Å²) in [6.45, 7) is 2.27. The summed E-state index contributed by atoms with van der Waals surface area (Å²) in [7, 11) is 1.37. The molecule has 0 atom stereocenters. The summed E-state index contributed by atoms with van der Waals surface area (Å²) in [6.07, 6.45) is 7.93. The van der Waals surface area contributed by atoms with Crippen molar-refractivity contribution in [1.82, 2.24) is 4.98 Å². The van der Waals surface area contributed by atoms with E-state index in [2.05, 4.69) is 22.0 Å². The summed E-state index contributed by atoms with van der Waals surface area (Å²) in [4.78, 5) is 15.4. The number of nitrogens with zero attached hydrogens (tertiary/aromatic N) is 1. The van der Waals surface area contributed by atoms with E-state index in [9.17, 15) is 4.79 Å². The van der Waals surface area contributed by atoms with E-state index >= 15 is 0 Å². The normalized spacial score (nSPS) is 22.8. The summed E-state index contributed by atoms with van der Waals surface area (Å²) >= 11 is 0. The van der Waals surface area contributed by atoms with Gasteiger partial charge in [0.25, 0.3) is 0 Å². The van der Waals surface area contributed by atoms with Crippen molar-refractivity contribution in [1.29, 1.82) is 0 Å². The zero-order valence-corrected chi connectivity index (χ0v) is 11.7. The van der Waals surface area contributed by atoms with Crippen LogP contribution in [0.15, 0.2) is 18.3 Å². The number of anilines is 1. The molecule has 1 aromatic rings. The van der Waals surface area contributed by atoms with Crippen LogP contribution in [0, 0.1) is 5.92 Å². The predicted molar refractivity (Wildman–Crippen MR) is 75.2 cm³/mol. The van der Waals surface area contributed by atoms with Crippen molar-refractivity contribution >= 4 is 11.7 Å². The molecule has 1 aliphatic carbocycles. The van der Waals surface area contributed by atoms with Gasteiger partial charge in [0.2, 0.25) is 0 Å². The van der Waals surface area contributed by atoms with Gasteiger partial charge in [-0.1, -0.05) is 13.3 Å². The van der Waals surface area contributed by atoms with Gasteiger partial charge in [0.15, 0.2) is 0 Å². The topological polar surface area (TPSA) is 51.2 Å². The molecule has 0 amide bonds. The van der Waals surface area contributed by atoms with Crippen molar-refractivity contribution in [2.24, 2.45) is 5.92 Å². The first-order chi connectivity index (χ1) is 9.22. The highest BCUT2D eigenvalue weighted by atomic mass is 16.5. The smallest absolute Gasteiger partial charge is 0.356 e.